The van der Waals surface area contributed by atoms with E-state index in [2.05, 4.69) is 10.6 Å². The van der Waals surface area contributed by atoms with Crippen LogP contribution in [0.5, 0.6) is 0 Å². The Morgan fingerprint density at radius 3 is 2.72 bits per heavy atom. The molecule has 4 N–H and O–H groups in total. The van der Waals surface area contributed by atoms with E-state index >= 15 is 0 Å². The van der Waals surface area contributed by atoms with Crippen LogP contribution in [0.4, 0.5) is 0 Å². The molecule has 0 spiro atoms. The van der Waals surface area contributed by atoms with Gasteiger partial charge in [0, 0.05) is 23.9 Å². The van der Waals surface area contributed by atoms with E-state index in [1.165, 1.54) is 18.3 Å². The van der Waals surface area contributed by atoms with E-state index in [0.29, 0.717) is 5.56 Å². The fourth-order valence-corrected chi connectivity index (χ4v) is 1.81. The molecule has 98 valence electrons. The maximum atomic E-state index is 11.5. The summed E-state index contributed by atoms with van der Waals surface area (Å²) in [5.41, 5.74) is 5.58. The zero-order valence-corrected chi connectivity index (χ0v) is 10.8. The topological polar surface area (TPSA) is 101 Å². The molecule has 18 heavy (non-hydrogen) atoms. The molecule has 0 radical (unpaired) electrons. The van der Waals surface area contributed by atoms with Crippen LogP contribution in [0.1, 0.15) is 23.7 Å². The van der Waals surface area contributed by atoms with Crippen molar-refractivity contribution in [2.45, 2.75) is 19.4 Å². The third-order valence-corrected chi connectivity index (χ3v) is 2.91. The maximum absolute atomic E-state index is 11.5. The lowest BCUT2D eigenvalue weighted by atomic mass is 10.3. The van der Waals surface area contributed by atoms with Crippen LogP contribution in [0.25, 0.3) is 0 Å². The first-order valence-electron chi connectivity index (χ1n) is 5.39. The summed E-state index contributed by atoms with van der Waals surface area (Å²) in [6, 6.07) is 1.000. The molecule has 0 aliphatic carbocycles. The van der Waals surface area contributed by atoms with Crippen LogP contribution >= 0.6 is 11.3 Å². The Hall–Kier alpha value is -1.89. The number of hydrogen-bond donors (Lipinski definition) is 3. The number of primary amides is 1. The Morgan fingerprint density at radius 2 is 2.17 bits per heavy atom. The molecule has 6 nitrogen and oxygen atoms in total. The standard InChI is InChI=1S/C11H15N3O3S/c1-7(10(12)16)14-9(15)2-4-13-11(17)8-3-5-18-6-8/h3,5-7H,2,4H2,1H3,(H2,12,16)(H,13,17)(H,14,15). The van der Waals surface area contributed by atoms with Gasteiger partial charge in [0.15, 0.2) is 0 Å². The summed E-state index contributed by atoms with van der Waals surface area (Å²) >= 11 is 1.43. The number of thiophene rings is 1. The average Bonchev–Trinajstić information content (AvgIpc) is 2.81. The number of rotatable bonds is 6. The highest BCUT2D eigenvalue weighted by atomic mass is 32.1. The van der Waals surface area contributed by atoms with Crippen LogP contribution in [0.3, 0.4) is 0 Å². The molecule has 0 fully saturated rings. The summed E-state index contributed by atoms with van der Waals surface area (Å²) in [5, 5.41) is 8.56. The summed E-state index contributed by atoms with van der Waals surface area (Å²) < 4.78 is 0. The van der Waals surface area contributed by atoms with Crippen LogP contribution in [-0.4, -0.2) is 30.3 Å². The average molecular weight is 269 g/mol. The Labute approximate surface area is 109 Å². The van der Waals surface area contributed by atoms with E-state index in [9.17, 15) is 14.4 Å². The van der Waals surface area contributed by atoms with Gasteiger partial charge in [0.1, 0.15) is 6.04 Å². The van der Waals surface area contributed by atoms with E-state index in [0.717, 1.165) is 0 Å². The van der Waals surface area contributed by atoms with Crippen molar-refractivity contribution in [3.63, 3.8) is 0 Å². The maximum Gasteiger partial charge on any atom is 0.252 e. The van der Waals surface area contributed by atoms with Gasteiger partial charge in [-0.15, -0.1) is 0 Å². The highest BCUT2D eigenvalue weighted by Gasteiger charge is 2.12. The Balaban J connectivity index is 2.24. The quantitative estimate of drug-likeness (QED) is 0.669. The molecular formula is C11H15N3O3S. The molecule has 0 aliphatic rings. The Kier molecular flexibility index (Phi) is 5.31. The molecule has 1 aromatic heterocycles. The van der Waals surface area contributed by atoms with E-state index in [1.54, 1.807) is 16.8 Å². The van der Waals surface area contributed by atoms with Crippen LogP contribution in [0.2, 0.25) is 0 Å². The lowest BCUT2D eigenvalue weighted by Gasteiger charge is -2.10. The molecule has 1 rings (SSSR count). The molecule has 1 heterocycles. The van der Waals surface area contributed by atoms with Gasteiger partial charge in [0.2, 0.25) is 11.8 Å². The zero-order valence-electron chi connectivity index (χ0n) is 9.93. The number of amides is 3. The molecule has 0 aliphatic heterocycles. The summed E-state index contributed by atoms with van der Waals surface area (Å²) in [5.74, 6) is -1.13. The number of carbonyl (C=O) groups excluding carboxylic acids is 3. The van der Waals surface area contributed by atoms with Gasteiger partial charge >= 0.3 is 0 Å². The monoisotopic (exact) mass is 269 g/mol. The second kappa shape index (κ2) is 6.75. The second-order valence-corrected chi connectivity index (χ2v) is 4.49. The number of nitrogens with two attached hydrogens (primary N) is 1. The minimum absolute atomic E-state index is 0.105. The summed E-state index contributed by atoms with van der Waals surface area (Å²) in [4.78, 5) is 33.6. The molecule has 0 aromatic carbocycles. The molecule has 0 saturated carbocycles. The fraction of sp³-hybridized carbons (Fsp3) is 0.364. The van der Waals surface area contributed by atoms with Crippen molar-refractivity contribution >= 4 is 29.1 Å². The minimum Gasteiger partial charge on any atom is -0.368 e. The number of carbonyl (C=O) groups is 3. The normalized spacial score (nSPS) is 11.6. The number of hydrogen-bond acceptors (Lipinski definition) is 4. The van der Waals surface area contributed by atoms with E-state index in [4.69, 9.17) is 5.73 Å². The van der Waals surface area contributed by atoms with Gasteiger partial charge in [-0.3, -0.25) is 14.4 Å². The molecule has 3 amide bonds. The van der Waals surface area contributed by atoms with Gasteiger partial charge in [-0.05, 0) is 18.4 Å². The van der Waals surface area contributed by atoms with Crippen molar-refractivity contribution in [1.82, 2.24) is 10.6 Å². The summed E-state index contributed by atoms with van der Waals surface area (Å²) in [6.45, 7) is 1.72. The fourth-order valence-electron chi connectivity index (χ4n) is 1.17. The molecule has 0 saturated heterocycles. The zero-order chi connectivity index (χ0) is 13.5. The smallest absolute Gasteiger partial charge is 0.252 e. The van der Waals surface area contributed by atoms with Crippen molar-refractivity contribution in [3.8, 4) is 0 Å². The largest absolute Gasteiger partial charge is 0.368 e. The van der Waals surface area contributed by atoms with Crippen LogP contribution in [-0.2, 0) is 9.59 Å². The Morgan fingerprint density at radius 1 is 1.44 bits per heavy atom. The molecular weight excluding hydrogens is 254 g/mol. The highest BCUT2D eigenvalue weighted by Crippen LogP contribution is 2.04. The lowest BCUT2D eigenvalue weighted by molar-refractivity contribution is -0.126. The predicted octanol–water partition coefficient (Wildman–Crippen LogP) is -0.142. The van der Waals surface area contributed by atoms with Gasteiger partial charge < -0.3 is 16.4 Å². The lowest BCUT2D eigenvalue weighted by Crippen LogP contribution is -2.43. The van der Waals surface area contributed by atoms with Crippen LogP contribution in [0.15, 0.2) is 16.8 Å². The minimum atomic E-state index is -0.704. The highest BCUT2D eigenvalue weighted by molar-refractivity contribution is 7.08. The third kappa shape index (κ3) is 4.54. The summed E-state index contributed by atoms with van der Waals surface area (Å²) in [6.07, 6.45) is 0.105. The predicted molar refractivity (Wildman–Crippen MR) is 68.1 cm³/mol. The van der Waals surface area contributed by atoms with Gasteiger partial charge in [-0.1, -0.05) is 0 Å². The molecule has 7 heteroatoms. The van der Waals surface area contributed by atoms with Crippen molar-refractivity contribution in [2.24, 2.45) is 5.73 Å². The molecule has 1 unspecified atom stereocenters. The number of nitrogens with one attached hydrogen (secondary N) is 2. The first-order valence-corrected chi connectivity index (χ1v) is 6.34. The van der Waals surface area contributed by atoms with E-state index in [1.807, 2.05) is 0 Å². The van der Waals surface area contributed by atoms with E-state index in [-0.39, 0.29) is 24.8 Å². The first kappa shape index (κ1) is 14.2. The second-order valence-electron chi connectivity index (χ2n) is 3.71. The SMILES string of the molecule is CC(NC(=O)CCNC(=O)c1ccsc1)C(N)=O. The van der Waals surface area contributed by atoms with Gasteiger partial charge in [0.25, 0.3) is 5.91 Å². The first-order chi connectivity index (χ1) is 8.50. The Bertz CT molecular complexity index is 431. The van der Waals surface area contributed by atoms with Crippen molar-refractivity contribution < 1.29 is 14.4 Å². The van der Waals surface area contributed by atoms with Crippen LogP contribution < -0.4 is 16.4 Å². The molecule has 0 bridgehead atoms. The van der Waals surface area contributed by atoms with Gasteiger partial charge in [0.05, 0.1) is 0 Å². The van der Waals surface area contributed by atoms with Crippen molar-refractivity contribution in [3.05, 3.63) is 22.4 Å². The third-order valence-electron chi connectivity index (χ3n) is 2.23. The summed E-state index contributed by atoms with van der Waals surface area (Å²) in [7, 11) is 0. The van der Waals surface area contributed by atoms with Gasteiger partial charge in [-0.2, -0.15) is 11.3 Å². The van der Waals surface area contributed by atoms with Crippen molar-refractivity contribution in [1.29, 1.82) is 0 Å². The molecule has 1 atom stereocenters. The van der Waals surface area contributed by atoms with E-state index < -0.39 is 11.9 Å². The van der Waals surface area contributed by atoms with Crippen molar-refractivity contribution in [2.75, 3.05) is 6.54 Å². The van der Waals surface area contributed by atoms with Gasteiger partial charge in [-0.25, -0.2) is 0 Å². The molecule has 1 aromatic rings. The van der Waals surface area contributed by atoms with Crippen LogP contribution in [0, 0.1) is 0 Å².